The third-order valence-electron chi connectivity index (χ3n) is 2.72. The molecule has 0 saturated carbocycles. The van der Waals surface area contributed by atoms with Gasteiger partial charge in [-0.2, -0.15) is 0 Å². The second-order valence-corrected chi connectivity index (χ2v) is 4.41. The largest absolute Gasteiger partial charge is 0.425 e. The summed E-state index contributed by atoms with van der Waals surface area (Å²) in [5.74, 6) is 0.905. The van der Waals surface area contributed by atoms with Crippen LogP contribution in [-0.4, -0.2) is 24.0 Å². The molecular formula is C12H15ClN2O2. The normalized spacial score (nSPS) is 15.1. The monoisotopic (exact) mass is 254 g/mol. The molecule has 0 atom stereocenters. The van der Waals surface area contributed by atoms with Gasteiger partial charge in [0.05, 0.1) is 11.2 Å². The Labute approximate surface area is 106 Å². The van der Waals surface area contributed by atoms with Crippen LogP contribution in [0.15, 0.2) is 12.3 Å². The zero-order chi connectivity index (χ0) is 12.3. The molecule has 2 heterocycles. The molecule has 0 bridgehead atoms. The van der Waals surface area contributed by atoms with Crippen LogP contribution in [0.2, 0.25) is 5.02 Å². The van der Waals surface area contributed by atoms with Crippen LogP contribution in [0.4, 0.5) is 5.82 Å². The van der Waals surface area contributed by atoms with Gasteiger partial charge in [0.2, 0.25) is 0 Å². The van der Waals surface area contributed by atoms with Crippen LogP contribution >= 0.6 is 11.6 Å². The molecule has 0 radical (unpaired) electrons. The topological polar surface area (TPSA) is 42.4 Å². The van der Waals surface area contributed by atoms with E-state index in [0.29, 0.717) is 17.2 Å². The summed E-state index contributed by atoms with van der Waals surface area (Å²) >= 11 is 6.14. The van der Waals surface area contributed by atoms with Gasteiger partial charge in [0.1, 0.15) is 5.82 Å². The molecule has 1 fully saturated rings. The Hall–Kier alpha value is -1.29. The fourth-order valence-corrected chi connectivity index (χ4v) is 2.11. The Kier molecular flexibility index (Phi) is 3.84. The van der Waals surface area contributed by atoms with Crippen molar-refractivity contribution in [1.29, 1.82) is 0 Å². The number of ether oxygens (including phenoxy) is 1. The highest BCUT2D eigenvalue weighted by Crippen LogP contribution is 2.29. The molecule has 0 spiro atoms. The maximum atomic E-state index is 11.1. The molecule has 5 heteroatoms. The second-order valence-electron chi connectivity index (χ2n) is 4.00. The van der Waals surface area contributed by atoms with Crippen LogP contribution in [0.3, 0.4) is 0 Å². The summed E-state index contributed by atoms with van der Waals surface area (Å²) < 4.78 is 5.06. The van der Waals surface area contributed by atoms with Gasteiger partial charge in [0, 0.05) is 25.6 Å². The maximum absolute atomic E-state index is 11.1. The zero-order valence-corrected chi connectivity index (χ0v) is 10.5. The van der Waals surface area contributed by atoms with Gasteiger partial charge in [-0.1, -0.05) is 18.5 Å². The number of nitrogens with zero attached hydrogens (tertiary/aromatic N) is 2. The minimum Gasteiger partial charge on any atom is -0.425 e. The minimum absolute atomic E-state index is 0.281. The second kappa shape index (κ2) is 5.36. The molecule has 92 valence electrons. The van der Waals surface area contributed by atoms with Crippen LogP contribution in [-0.2, 0) is 4.79 Å². The summed E-state index contributed by atoms with van der Waals surface area (Å²) in [6, 6.07) is 1.65. The SMILES string of the molecule is CCC(=O)Oc1cnc(N2CCCC2)c(Cl)c1. The van der Waals surface area contributed by atoms with Crippen molar-refractivity contribution in [2.24, 2.45) is 0 Å². The third kappa shape index (κ3) is 2.88. The van der Waals surface area contributed by atoms with E-state index < -0.39 is 0 Å². The van der Waals surface area contributed by atoms with Gasteiger partial charge in [-0.05, 0) is 12.8 Å². The van der Waals surface area contributed by atoms with Gasteiger partial charge in [0.25, 0.3) is 0 Å². The number of pyridine rings is 1. The molecule has 0 amide bonds. The third-order valence-corrected chi connectivity index (χ3v) is 3.00. The number of hydrogen-bond donors (Lipinski definition) is 0. The van der Waals surface area contributed by atoms with Crippen molar-refractivity contribution in [3.05, 3.63) is 17.3 Å². The van der Waals surface area contributed by atoms with Gasteiger partial charge >= 0.3 is 5.97 Å². The average molecular weight is 255 g/mol. The Morgan fingerprint density at radius 2 is 2.24 bits per heavy atom. The molecule has 17 heavy (non-hydrogen) atoms. The number of halogens is 1. The fourth-order valence-electron chi connectivity index (χ4n) is 1.83. The summed E-state index contributed by atoms with van der Waals surface area (Å²) in [5, 5.41) is 0.535. The van der Waals surface area contributed by atoms with Crippen LogP contribution in [0.1, 0.15) is 26.2 Å². The van der Waals surface area contributed by atoms with Crippen LogP contribution in [0.25, 0.3) is 0 Å². The molecular weight excluding hydrogens is 240 g/mol. The number of rotatable bonds is 3. The Bertz CT molecular complexity index is 417. The molecule has 0 unspecified atom stereocenters. The first-order valence-electron chi connectivity index (χ1n) is 5.82. The quantitative estimate of drug-likeness (QED) is 0.778. The van der Waals surface area contributed by atoms with Crippen molar-refractivity contribution in [2.75, 3.05) is 18.0 Å². The number of hydrogen-bond acceptors (Lipinski definition) is 4. The summed E-state index contributed by atoms with van der Waals surface area (Å²) in [5.41, 5.74) is 0. The first-order chi connectivity index (χ1) is 8.20. The molecule has 1 aliphatic heterocycles. The molecule has 1 saturated heterocycles. The molecule has 0 aliphatic carbocycles. The van der Waals surface area contributed by atoms with Crippen molar-refractivity contribution in [3.8, 4) is 5.75 Å². The van der Waals surface area contributed by atoms with E-state index in [0.717, 1.165) is 18.9 Å². The lowest BCUT2D eigenvalue weighted by Crippen LogP contribution is -2.19. The Morgan fingerprint density at radius 3 is 2.82 bits per heavy atom. The molecule has 2 rings (SSSR count). The predicted molar refractivity (Wildman–Crippen MR) is 66.6 cm³/mol. The lowest BCUT2D eigenvalue weighted by molar-refractivity contribution is -0.134. The van der Waals surface area contributed by atoms with E-state index in [9.17, 15) is 4.79 Å². The van der Waals surface area contributed by atoms with Crippen molar-refractivity contribution in [2.45, 2.75) is 26.2 Å². The van der Waals surface area contributed by atoms with Crippen LogP contribution in [0.5, 0.6) is 5.75 Å². The van der Waals surface area contributed by atoms with Gasteiger partial charge in [-0.3, -0.25) is 4.79 Å². The molecule has 4 nitrogen and oxygen atoms in total. The Morgan fingerprint density at radius 1 is 1.53 bits per heavy atom. The van der Waals surface area contributed by atoms with Gasteiger partial charge in [-0.25, -0.2) is 4.98 Å². The highest BCUT2D eigenvalue weighted by atomic mass is 35.5. The van der Waals surface area contributed by atoms with E-state index in [2.05, 4.69) is 9.88 Å². The fraction of sp³-hybridized carbons (Fsp3) is 0.500. The smallest absolute Gasteiger partial charge is 0.310 e. The molecule has 0 N–H and O–H groups in total. The van der Waals surface area contributed by atoms with E-state index in [4.69, 9.17) is 16.3 Å². The molecule has 0 aromatic carbocycles. The number of carbonyl (C=O) groups excluding carboxylic acids is 1. The molecule has 1 aromatic rings. The average Bonchev–Trinajstić information content (AvgIpc) is 2.82. The van der Waals surface area contributed by atoms with Crippen molar-refractivity contribution < 1.29 is 9.53 Å². The Balaban J connectivity index is 2.13. The highest BCUT2D eigenvalue weighted by Gasteiger charge is 2.17. The summed E-state index contributed by atoms with van der Waals surface area (Å²) in [4.78, 5) is 17.5. The van der Waals surface area contributed by atoms with E-state index in [1.165, 1.54) is 12.8 Å². The van der Waals surface area contributed by atoms with Crippen molar-refractivity contribution in [3.63, 3.8) is 0 Å². The number of aromatic nitrogens is 1. The minimum atomic E-state index is -0.281. The summed E-state index contributed by atoms with van der Waals surface area (Å²) in [6.07, 6.45) is 4.23. The zero-order valence-electron chi connectivity index (χ0n) is 9.78. The van der Waals surface area contributed by atoms with Gasteiger partial charge in [0.15, 0.2) is 5.75 Å². The molecule has 1 aliphatic rings. The standard InChI is InChI=1S/C12H15ClN2O2/c1-2-11(16)17-9-7-10(13)12(14-8-9)15-5-3-4-6-15/h7-8H,2-6H2,1H3. The lowest BCUT2D eigenvalue weighted by Gasteiger charge is -2.17. The van der Waals surface area contributed by atoms with E-state index in [-0.39, 0.29) is 5.97 Å². The molecule has 1 aromatic heterocycles. The van der Waals surface area contributed by atoms with Crippen LogP contribution in [0, 0.1) is 0 Å². The van der Waals surface area contributed by atoms with Crippen LogP contribution < -0.4 is 9.64 Å². The number of esters is 1. The van der Waals surface area contributed by atoms with E-state index >= 15 is 0 Å². The summed E-state index contributed by atoms with van der Waals surface area (Å²) in [7, 11) is 0. The van der Waals surface area contributed by atoms with E-state index in [1.54, 1.807) is 19.2 Å². The first kappa shape index (κ1) is 12.2. The highest BCUT2D eigenvalue weighted by molar-refractivity contribution is 6.33. The van der Waals surface area contributed by atoms with Crippen molar-refractivity contribution >= 4 is 23.4 Å². The summed E-state index contributed by atoms with van der Waals surface area (Å²) in [6.45, 7) is 3.72. The van der Waals surface area contributed by atoms with Crippen molar-refractivity contribution in [1.82, 2.24) is 4.98 Å². The number of anilines is 1. The van der Waals surface area contributed by atoms with E-state index in [1.807, 2.05) is 0 Å². The number of carbonyl (C=O) groups is 1. The van der Waals surface area contributed by atoms with Gasteiger partial charge < -0.3 is 9.64 Å². The lowest BCUT2D eigenvalue weighted by atomic mass is 10.4. The first-order valence-corrected chi connectivity index (χ1v) is 6.19. The predicted octanol–water partition coefficient (Wildman–Crippen LogP) is 2.65. The maximum Gasteiger partial charge on any atom is 0.310 e. The van der Waals surface area contributed by atoms with Gasteiger partial charge in [-0.15, -0.1) is 0 Å².